The van der Waals surface area contributed by atoms with Crippen LogP contribution >= 0.6 is 12.4 Å². The molecule has 0 unspecified atom stereocenters. The Kier molecular flexibility index (Phi) is 5.90. The summed E-state index contributed by atoms with van der Waals surface area (Å²) in [5, 5.41) is 8.10. The number of fused-ring (bicyclic) bond motifs is 1. The van der Waals surface area contributed by atoms with Gasteiger partial charge in [0.1, 0.15) is 24.1 Å². The van der Waals surface area contributed by atoms with Crippen LogP contribution < -0.4 is 21.9 Å². The SMILES string of the molecule is Cl.Nc1ncnn2c(-c3ccc(=O)n(CC(F)(F)F)n3)cc(N3CCC[C@@H](N)C3)c12. The van der Waals surface area contributed by atoms with Crippen molar-refractivity contribution in [3.8, 4) is 11.4 Å². The second kappa shape index (κ2) is 8.11. The predicted octanol–water partition coefficient (Wildman–Crippen LogP) is 1.45. The van der Waals surface area contributed by atoms with Crippen molar-refractivity contribution in [2.24, 2.45) is 5.73 Å². The molecule has 1 fully saturated rings. The Hall–Kier alpha value is -2.86. The molecule has 0 radical (unpaired) electrons. The van der Waals surface area contributed by atoms with Crippen molar-refractivity contribution in [2.75, 3.05) is 23.7 Å². The van der Waals surface area contributed by atoms with E-state index in [0.717, 1.165) is 31.1 Å². The number of nitrogen functional groups attached to an aromatic ring is 1. The third-order valence-electron chi connectivity index (χ3n) is 4.82. The minimum absolute atomic E-state index is 0. The molecule has 3 aromatic rings. The number of hydrogen-bond acceptors (Lipinski definition) is 7. The van der Waals surface area contributed by atoms with Gasteiger partial charge in [-0.1, -0.05) is 0 Å². The molecule has 0 amide bonds. The first kappa shape index (κ1) is 21.8. The van der Waals surface area contributed by atoms with Crippen molar-refractivity contribution in [3.63, 3.8) is 0 Å². The van der Waals surface area contributed by atoms with Crippen molar-refractivity contribution in [1.29, 1.82) is 0 Å². The quantitative estimate of drug-likeness (QED) is 0.627. The van der Waals surface area contributed by atoms with E-state index in [1.807, 2.05) is 0 Å². The molecule has 1 aliphatic heterocycles. The minimum atomic E-state index is -4.57. The monoisotopic (exact) mass is 444 g/mol. The van der Waals surface area contributed by atoms with Crippen LogP contribution in [0.15, 0.2) is 29.3 Å². The Balaban J connectivity index is 0.00000256. The summed E-state index contributed by atoms with van der Waals surface area (Å²) < 4.78 is 40.2. The van der Waals surface area contributed by atoms with E-state index in [4.69, 9.17) is 11.5 Å². The number of nitrogens with two attached hydrogens (primary N) is 2. The average Bonchev–Trinajstić information content (AvgIpc) is 3.04. The summed E-state index contributed by atoms with van der Waals surface area (Å²) in [6.07, 6.45) is -1.51. The van der Waals surface area contributed by atoms with Crippen LogP contribution in [0, 0.1) is 0 Å². The van der Waals surface area contributed by atoms with Gasteiger partial charge in [0.25, 0.3) is 5.56 Å². The number of aromatic nitrogens is 5. The Labute approximate surface area is 174 Å². The zero-order valence-electron chi connectivity index (χ0n) is 15.7. The van der Waals surface area contributed by atoms with Crippen LogP contribution in [0.1, 0.15) is 12.8 Å². The van der Waals surface area contributed by atoms with Crippen LogP contribution in [0.3, 0.4) is 0 Å². The largest absolute Gasteiger partial charge is 0.408 e. The smallest absolute Gasteiger partial charge is 0.382 e. The zero-order valence-corrected chi connectivity index (χ0v) is 16.5. The highest BCUT2D eigenvalue weighted by molar-refractivity contribution is 5.88. The van der Waals surface area contributed by atoms with E-state index in [1.165, 1.54) is 16.9 Å². The third kappa shape index (κ3) is 4.19. The van der Waals surface area contributed by atoms with E-state index in [1.54, 1.807) is 6.07 Å². The normalized spacial score (nSPS) is 17.2. The second-order valence-corrected chi connectivity index (χ2v) is 7.00. The molecule has 0 saturated carbocycles. The molecule has 4 rings (SSSR count). The number of halogens is 4. The first-order valence-electron chi connectivity index (χ1n) is 9.01. The van der Waals surface area contributed by atoms with Crippen molar-refractivity contribution >= 4 is 29.4 Å². The summed E-state index contributed by atoms with van der Waals surface area (Å²) >= 11 is 0. The molecule has 162 valence electrons. The van der Waals surface area contributed by atoms with Gasteiger partial charge in [0, 0.05) is 25.2 Å². The molecule has 9 nitrogen and oxygen atoms in total. The first-order chi connectivity index (χ1) is 13.7. The lowest BCUT2D eigenvalue weighted by molar-refractivity contribution is -0.143. The number of hydrogen-bond donors (Lipinski definition) is 2. The number of piperidine rings is 1. The molecule has 13 heteroatoms. The number of anilines is 2. The zero-order chi connectivity index (χ0) is 20.8. The predicted molar refractivity (Wildman–Crippen MR) is 108 cm³/mol. The molecule has 0 aromatic carbocycles. The van der Waals surface area contributed by atoms with Gasteiger partial charge in [-0.2, -0.15) is 23.4 Å². The highest BCUT2D eigenvalue weighted by atomic mass is 35.5. The molecule has 1 saturated heterocycles. The van der Waals surface area contributed by atoms with Crippen LogP contribution in [0.2, 0.25) is 0 Å². The highest BCUT2D eigenvalue weighted by Gasteiger charge is 2.30. The fraction of sp³-hybridized carbons (Fsp3) is 0.412. The summed E-state index contributed by atoms with van der Waals surface area (Å²) in [5.41, 5.74) is 13.1. The van der Waals surface area contributed by atoms with Gasteiger partial charge in [-0.25, -0.2) is 14.2 Å². The van der Waals surface area contributed by atoms with E-state index in [0.29, 0.717) is 22.4 Å². The van der Waals surface area contributed by atoms with Crippen molar-refractivity contribution < 1.29 is 13.2 Å². The molecule has 0 spiro atoms. The van der Waals surface area contributed by atoms with E-state index >= 15 is 0 Å². The van der Waals surface area contributed by atoms with Gasteiger partial charge in [-0.05, 0) is 25.0 Å². The fourth-order valence-corrected chi connectivity index (χ4v) is 3.57. The molecule has 1 aliphatic rings. The summed E-state index contributed by atoms with van der Waals surface area (Å²) in [7, 11) is 0. The minimum Gasteiger partial charge on any atom is -0.382 e. The van der Waals surface area contributed by atoms with Crippen LogP contribution in [0.4, 0.5) is 24.7 Å². The first-order valence-corrected chi connectivity index (χ1v) is 9.01. The second-order valence-electron chi connectivity index (χ2n) is 7.00. The number of alkyl halides is 3. The molecule has 0 bridgehead atoms. The van der Waals surface area contributed by atoms with Gasteiger partial charge in [-0.15, -0.1) is 12.4 Å². The molecule has 1 atom stereocenters. The number of rotatable bonds is 3. The maximum absolute atomic E-state index is 12.8. The lowest BCUT2D eigenvalue weighted by atomic mass is 10.1. The van der Waals surface area contributed by atoms with E-state index in [-0.39, 0.29) is 30.0 Å². The van der Waals surface area contributed by atoms with Gasteiger partial charge >= 0.3 is 6.18 Å². The Bertz CT molecular complexity index is 1110. The number of nitrogens with zero attached hydrogens (tertiary/aromatic N) is 6. The standard InChI is InChI=1S/C17H19F3N8O.ClH/c18-17(19,20)8-27-14(29)4-3-11(25-27)12-6-13(26-5-1-2-10(21)7-26)15-16(22)23-9-24-28(12)15;/h3-4,6,9-10H,1-2,5,7-8,21H2,(H2,22,23,24);1H/t10-;/m1./s1. The average molecular weight is 445 g/mol. The van der Waals surface area contributed by atoms with Crippen molar-refractivity contribution in [2.45, 2.75) is 31.6 Å². The summed E-state index contributed by atoms with van der Waals surface area (Å²) in [6, 6.07) is 4.15. The molecule has 0 aliphatic carbocycles. The fourth-order valence-electron chi connectivity index (χ4n) is 3.57. The van der Waals surface area contributed by atoms with E-state index < -0.39 is 18.3 Å². The van der Waals surface area contributed by atoms with Gasteiger partial charge in [0.2, 0.25) is 0 Å². The molecule has 4 heterocycles. The maximum atomic E-state index is 12.8. The van der Waals surface area contributed by atoms with Gasteiger partial charge in [0.15, 0.2) is 5.82 Å². The molecule has 30 heavy (non-hydrogen) atoms. The van der Waals surface area contributed by atoms with Gasteiger partial charge in [-0.3, -0.25) is 4.79 Å². The van der Waals surface area contributed by atoms with E-state index in [9.17, 15) is 18.0 Å². The Morgan fingerprint density at radius 1 is 1.27 bits per heavy atom. The molecule has 3 aromatic heterocycles. The van der Waals surface area contributed by atoms with Crippen LogP contribution in [0.25, 0.3) is 16.9 Å². The van der Waals surface area contributed by atoms with Crippen molar-refractivity contribution in [1.82, 2.24) is 24.4 Å². The molecule has 4 N–H and O–H groups in total. The van der Waals surface area contributed by atoms with Crippen LogP contribution in [0.5, 0.6) is 0 Å². The molecular weight excluding hydrogens is 425 g/mol. The highest BCUT2D eigenvalue weighted by Crippen LogP contribution is 2.34. The maximum Gasteiger partial charge on any atom is 0.408 e. The lowest BCUT2D eigenvalue weighted by Gasteiger charge is -2.32. The summed E-state index contributed by atoms with van der Waals surface area (Å²) in [4.78, 5) is 17.9. The third-order valence-corrected chi connectivity index (χ3v) is 4.82. The topological polar surface area (TPSA) is 120 Å². The Morgan fingerprint density at radius 2 is 2.03 bits per heavy atom. The summed E-state index contributed by atoms with van der Waals surface area (Å²) in [6.45, 7) is -0.121. The Morgan fingerprint density at radius 3 is 2.73 bits per heavy atom. The van der Waals surface area contributed by atoms with E-state index in [2.05, 4.69) is 20.1 Å². The molecular formula is C17H20ClF3N8O. The van der Waals surface area contributed by atoms with Gasteiger partial charge < -0.3 is 16.4 Å². The summed E-state index contributed by atoms with van der Waals surface area (Å²) in [5.74, 6) is 0.226. The lowest BCUT2D eigenvalue weighted by Crippen LogP contribution is -2.42. The van der Waals surface area contributed by atoms with Crippen LogP contribution in [-0.2, 0) is 6.54 Å². The van der Waals surface area contributed by atoms with Crippen molar-refractivity contribution in [3.05, 3.63) is 34.9 Å². The van der Waals surface area contributed by atoms with Gasteiger partial charge in [0.05, 0.1) is 11.4 Å². The van der Waals surface area contributed by atoms with Crippen LogP contribution in [-0.4, -0.2) is 49.7 Å².